The van der Waals surface area contributed by atoms with Crippen molar-refractivity contribution in [3.63, 3.8) is 0 Å². The predicted molar refractivity (Wildman–Crippen MR) is 70.7 cm³/mol. The number of aryl methyl sites for hydroxylation is 1. The maximum absolute atomic E-state index is 5.22. The van der Waals surface area contributed by atoms with Gasteiger partial charge >= 0.3 is 0 Å². The molecule has 17 heavy (non-hydrogen) atoms. The molecule has 1 aromatic carbocycles. The van der Waals surface area contributed by atoms with Gasteiger partial charge in [0.2, 0.25) is 0 Å². The van der Waals surface area contributed by atoms with Crippen LogP contribution in [0.25, 0.3) is 0 Å². The molecular formula is C14H23NO2. The Labute approximate surface area is 104 Å². The molecule has 0 bridgehead atoms. The first-order valence-electron chi connectivity index (χ1n) is 6.15. The second kappa shape index (κ2) is 8.09. The summed E-state index contributed by atoms with van der Waals surface area (Å²) in [6.07, 6.45) is 2.12. The predicted octanol–water partition coefficient (Wildman–Crippen LogP) is 2.25. The lowest BCUT2D eigenvalue weighted by Crippen LogP contribution is -2.33. The molecule has 1 atom stereocenters. The highest BCUT2D eigenvalue weighted by molar-refractivity contribution is 5.28. The molecule has 3 heteroatoms. The van der Waals surface area contributed by atoms with Crippen molar-refractivity contribution in [3.8, 4) is 5.75 Å². The van der Waals surface area contributed by atoms with Gasteiger partial charge in [-0.05, 0) is 37.1 Å². The molecular weight excluding hydrogens is 214 g/mol. The molecule has 3 nitrogen and oxygen atoms in total. The largest absolute Gasteiger partial charge is 0.497 e. The van der Waals surface area contributed by atoms with Gasteiger partial charge in [-0.15, -0.1) is 0 Å². The highest BCUT2D eigenvalue weighted by Crippen LogP contribution is 2.14. The van der Waals surface area contributed by atoms with Gasteiger partial charge in [-0.2, -0.15) is 0 Å². The highest BCUT2D eigenvalue weighted by Gasteiger charge is 2.07. The molecule has 0 fully saturated rings. The molecule has 0 spiro atoms. The Balaban J connectivity index is 2.46. The summed E-state index contributed by atoms with van der Waals surface area (Å²) in [6, 6.07) is 8.66. The van der Waals surface area contributed by atoms with E-state index in [9.17, 15) is 0 Å². The SMILES string of the molecule is CCNC(CCc1cccc(OC)c1)COC. The van der Waals surface area contributed by atoms with Gasteiger partial charge in [-0.3, -0.25) is 0 Å². The smallest absolute Gasteiger partial charge is 0.119 e. The van der Waals surface area contributed by atoms with Gasteiger partial charge in [0, 0.05) is 13.2 Å². The Morgan fingerprint density at radius 3 is 2.76 bits per heavy atom. The molecule has 1 unspecified atom stereocenters. The van der Waals surface area contributed by atoms with Crippen LogP contribution in [0.2, 0.25) is 0 Å². The summed E-state index contributed by atoms with van der Waals surface area (Å²) in [5.74, 6) is 0.925. The van der Waals surface area contributed by atoms with Gasteiger partial charge in [0.25, 0.3) is 0 Å². The zero-order chi connectivity index (χ0) is 12.5. The lowest BCUT2D eigenvalue weighted by Gasteiger charge is -2.16. The average Bonchev–Trinajstić information content (AvgIpc) is 2.37. The van der Waals surface area contributed by atoms with E-state index in [0.29, 0.717) is 6.04 Å². The van der Waals surface area contributed by atoms with Crippen molar-refractivity contribution in [2.24, 2.45) is 0 Å². The first kappa shape index (κ1) is 14.0. The van der Waals surface area contributed by atoms with Crippen molar-refractivity contribution in [1.82, 2.24) is 5.32 Å². The highest BCUT2D eigenvalue weighted by atomic mass is 16.5. The van der Waals surface area contributed by atoms with Crippen LogP contribution in [0.4, 0.5) is 0 Å². The standard InChI is InChI=1S/C14H23NO2/c1-4-15-13(11-16-2)9-8-12-6-5-7-14(10-12)17-3/h5-7,10,13,15H,4,8-9,11H2,1-3H3. The zero-order valence-corrected chi connectivity index (χ0v) is 11.0. The minimum absolute atomic E-state index is 0.427. The van der Waals surface area contributed by atoms with E-state index in [1.165, 1.54) is 5.56 Å². The number of hydrogen-bond donors (Lipinski definition) is 1. The van der Waals surface area contributed by atoms with Crippen LogP contribution < -0.4 is 10.1 Å². The van der Waals surface area contributed by atoms with Gasteiger partial charge in [0.05, 0.1) is 13.7 Å². The minimum atomic E-state index is 0.427. The average molecular weight is 237 g/mol. The van der Waals surface area contributed by atoms with E-state index in [-0.39, 0.29) is 0 Å². The molecule has 1 aromatic rings. The molecule has 0 radical (unpaired) electrons. The second-order valence-electron chi connectivity index (χ2n) is 4.10. The third kappa shape index (κ3) is 5.20. The molecule has 0 saturated heterocycles. The number of ether oxygens (including phenoxy) is 2. The molecule has 0 aromatic heterocycles. The number of rotatable bonds is 8. The fourth-order valence-electron chi connectivity index (χ4n) is 1.90. The Bertz CT molecular complexity index is 309. The third-order valence-corrected chi connectivity index (χ3v) is 2.78. The second-order valence-corrected chi connectivity index (χ2v) is 4.10. The van der Waals surface area contributed by atoms with Crippen LogP contribution in [0.5, 0.6) is 5.75 Å². The maximum atomic E-state index is 5.22. The summed E-state index contributed by atoms with van der Waals surface area (Å²) in [5.41, 5.74) is 1.31. The van der Waals surface area contributed by atoms with Gasteiger partial charge in [-0.1, -0.05) is 19.1 Å². The normalized spacial score (nSPS) is 12.4. The van der Waals surface area contributed by atoms with E-state index in [1.807, 2.05) is 12.1 Å². The first-order valence-corrected chi connectivity index (χ1v) is 6.15. The van der Waals surface area contributed by atoms with Crippen LogP contribution >= 0.6 is 0 Å². The quantitative estimate of drug-likeness (QED) is 0.752. The molecule has 1 rings (SSSR count). The zero-order valence-electron chi connectivity index (χ0n) is 11.0. The molecule has 96 valence electrons. The van der Waals surface area contributed by atoms with E-state index in [4.69, 9.17) is 9.47 Å². The minimum Gasteiger partial charge on any atom is -0.497 e. The molecule has 0 heterocycles. The summed E-state index contributed by atoms with van der Waals surface area (Å²) in [4.78, 5) is 0. The Morgan fingerprint density at radius 2 is 2.12 bits per heavy atom. The van der Waals surface area contributed by atoms with E-state index >= 15 is 0 Å². The third-order valence-electron chi connectivity index (χ3n) is 2.78. The number of hydrogen-bond acceptors (Lipinski definition) is 3. The van der Waals surface area contributed by atoms with Crippen molar-refractivity contribution in [1.29, 1.82) is 0 Å². The van der Waals surface area contributed by atoms with Crippen LogP contribution in [0.3, 0.4) is 0 Å². The Hall–Kier alpha value is -1.06. The van der Waals surface area contributed by atoms with Crippen molar-refractivity contribution in [2.45, 2.75) is 25.8 Å². The topological polar surface area (TPSA) is 30.5 Å². The molecule has 0 amide bonds. The maximum Gasteiger partial charge on any atom is 0.119 e. The van der Waals surface area contributed by atoms with E-state index in [1.54, 1.807) is 14.2 Å². The van der Waals surface area contributed by atoms with Crippen molar-refractivity contribution in [3.05, 3.63) is 29.8 Å². The fourth-order valence-corrected chi connectivity index (χ4v) is 1.90. The molecule has 0 saturated carbocycles. The van der Waals surface area contributed by atoms with Crippen molar-refractivity contribution in [2.75, 3.05) is 27.4 Å². The van der Waals surface area contributed by atoms with E-state index in [2.05, 4.69) is 24.4 Å². The monoisotopic (exact) mass is 237 g/mol. The Morgan fingerprint density at radius 1 is 1.29 bits per heavy atom. The summed E-state index contributed by atoms with van der Waals surface area (Å²) in [6.45, 7) is 3.86. The molecule has 0 aliphatic carbocycles. The number of methoxy groups -OCH3 is 2. The van der Waals surface area contributed by atoms with E-state index < -0.39 is 0 Å². The van der Waals surface area contributed by atoms with Crippen molar-refractivity contribution >= 4 is 0 Å². The van der Waals surface area contributed by atoms with Crippen LogP contribution in [-0.4, -0.2) is 33.4 Å². The number of likely N-dealkylation sites (N-methyl/N-ethyl adjacent to an activating group) is 1. The fraction of sp³-hybridized carbons (Fsp3) is 0.571. The summed E-state index contributed by atoms with van der Waals surface area (Å²) >= 11 is 0. The summed E-state index contributed by atoms with van der Waals surface area (Å²) in [7, 11) is 3.45. The first-order chi connectivity index (χ1) is 8.30. The van der Waals surface area contributed by atoms with Crippen LogP contribution in [0.1, 0.15) is 18.9 Å². The Kier molecular flexibility index (Phi) is 6.67. The summed E-state index contributed by atoms with van der Waals surface area (Å²) in [5, 5.41) is 3.43. The number of nitrogens with one attached hydrogen (secondary N) is 1. The number of benzene rings is 1. The van der Waals surface area contributed by atoms with Gasteiger partial charge in [0.15, 0.2) is 0 Å². The molecule has 1 N–H and O–H groups in total. The van der Waals surface area contributed by atoms with Gasteiger partial charge in [-0.25, -0.2) is 0 Å². The lowest BCUT2D eigenvalue weighted by atomic mass is 10.1. The van der Waals surface area contributed by atoms with Gasteiger partial charge < -0.3 is 14.8 Å². The van der Waals surface area contributed by atoms with Gasteiger partial charge in [0.1, 0.15) is 5.75 Å². The van der Waals surface area contributed by atoms with Crippen molar-refractivity contribution < 1.29 is 9.47 Å². The van der Waals surface area contributed by atoms with Crippen LogP contribution in [0, 0.1) is 0 Å². The van der Waals surface area contributed by atoms with Crippen LogP contribution in [-0.2, 0) is 11.2 Å². The summed E-state index contributed by atoms with van der Waals surface area (Å²) < 4.78 is 10.4. The van der Waals surface area contributed by atoms with Crippen LogP contribution in [0.15, 0.2) is 24.3 Å². The molecule has 0 aliphatic heterocycles. The lowest BCUT2D eigenvalue weighted by molar-refractivity contribution is 0.163. The van der Waals surface area contributed by atoms with E-state index in [0.717, 1.165) is 31.7 Å². The molecule has 0 aliphatic rings.